The third kappa shape index (κ3) is 7.63. The maximum Gasteiger partial charge on any atom is 0.0249 e. The SMILES string of the molecule is CCCc1ccc(C#Cc2ccc(C=Cc3ccc(C#Cc4ccc(CCC)cc4)cc3)cc2)cc1. The van der Waals surface area contributed by atoms with Gasteiger partial charge in [0.25, 0.3) is 0 Å². The molecule has 0 bridgehead atoms. The van der Waals surface area contributed by atoms with Crippen LogP contribution in [0.5, 0.6) is 0 Å². The number of benzene rings is 4. The van der Waals surface area contributed by atoms with E-state index in [4.69, 9.17) is 0 Å². The van der Waals surface area contributed by atoms with Crippen LogP contribution in [-0.2, 0) is 12.8 Å². The standard InChI is InChI=1S/C36H32/c1-3-5-29-7-11-31(12-8-29)15-17-33-19-23-35(24-20-33)27-28-36-25-21-34(22-26-36)18-16-32-13-9-30(6-4-2)10-14-32/h7-14,19-28H,3-6H2,1-2H3. The number of hydrogen-bond acceptors (Lipinski definition) is 0. The summed E-state index contributed by atoms with van der Waals surface area (Å²) >= 11 is 0. The predicted octanol–water partition coefficient (Wildman–Crippen LogP) is 8.56. The molecule has 0 nitrogen and oxygen atoms in total. The monoisotopic (exact) mass is 464 g/mol. The summed E-state index contributed by atoms with van der Waals surface area (Å²) in [7, 11) is 0. The lowest BCUT2D eigenvalue weighted by atomic mass is 10.1. The Kier molecular flexibility index (Phi) is 8.97. The van der Waals surface area contributed by atoms with Crippen molar-refractivity contribution in [3.05, 3.63) is 142 Å². The van der Waals surface area contributed by atoms with Crippen molar-refractivity contribution in [2.45, 2.75) is 39.5 Å². The van der Waals surface area contributed by atoms with Gasteiger partial charge in [-0.25, -0.2) is 0 Å². The van der Waals surface area contributed by atoms with E-state index in [1.165, 1.54) is 24.0 Å². The van der Waals surface area contributed by atoms with Gasteiger partial charge in [-0.3, -0.25) is 0 Å². The van der Waals surface area contributed by atoms with E-state index < -0.39 is 0 Å². The summed E-state index contributed by atoms with van der Waals surface area (Å²) in [6.45, 7) is 4.40. The van der Waals surface area contributed by atoms with E-state index in [9.17, 15) is 0 Å². The maximum atomic E-state index is 3.26. The van der Waals surface area contributed by atoms with Gasteiger partial charge in [0.05, 0.1) is 0 Å². The van der Waals surface area contributed by atoms with Crippen molar-refractivity contribution in [1.82, 2.24) is 0 Å². The molecular formula is C36H32. The van der Waals surface area contributed by atoms with Crippen LogP contribution in [0.15, 0.2) is 97.1 Å². The molecule has 4 rings (SSSR count). The Hall–Kier alpha value is -4.26. The molecule has 0 spiro atoms. The van der Waals surface area contributed by atoms with Crippen molar-refractivity contribution in [3.63, 3.8) is 0 Å². The molecule has 0 saturated carbocycles. The second kappa shape index (κ2) is 13.0. The van der Waals surface area contributed by atoms with Gasteiger partial charge in [0.15, 0.2) is 0 Å². The average Bonchev–Trinajstić information content (AvgIpc) is 2.93. The van der Waals surface area contributed by atoms with E-state index in [0.29, 0.717) is 0 Å². The first-order valence-corrected chi connectivity index (χ1v) is 12.8. The van der Waals surface area contributed by atoms with Crippen molar-refractivity contribution in [1.29, 1.82) is 0 Å². The van der Waals surface area contributed by atoms with Gasteiger partial charge in [0.1, 0.15) is 0 Å². The number of rotatable bonds is 6. The van der Waals surface area contributed by atoms with Crippen LogP contribution >= 0.6 is 0 Å². The van der Waals surface area contributed by atoms with Crippen molar-refractivity contribution in [2.24, 2.45) is 0 Å². The molecule has 176 valence electrons. The molecule has 4 aromatic carbocycles. The molecule has 0 amide bonds. The van der Waals surface area contributed by atoms with Crippen molar-refractivity contribution in [2.75, 3.05) is 0 Å². The molecule has 0 aliphatic heterocycles. The van der Waals surface area contributed by atoms with Crippen LogP contribution in [0.4, 0.5) is 0 Å². The van der Waals surface area contributed by atoms with Crippen molar-refractivity contribution in [3.8, 4) is 23.7 Å². The Morgan fingerprint density at radius 2 is 0.694 bits per heavy atom. The third-order valence-corrected chi connectivity index (χ3v) is 5.98. The summed E-state index contributed by atoms with van der Waals surface area (Å²) in [5.41, 5.74) is 9.19. The van der Waals surface area contributed by atoms with E-state index in [1.54, 1.807) is 0 Å². The van der Waals surface area contributed by atoms with Crippen LogP contribution in [0.1, 0.15) is 71.2 Å². The van der Waals surface area contributed by atoms with Gasteiger partial charge in [0.2, 0.25) is 0 Å². The topological polar surface area (TPSA) is 0 Å². The molecule has 0 aromatic heterocycles. The van der Waals surface area contributed by atoms with Gasteiger partial charge >= 0.3 is 0 Å². The van der Waals surface area contributed by atoms with E-state index >= 15 is 0 Å². The molecule has 0 heteroatoms. The highest BCUT2D eigenvalue weighted by Gasteiger charge is 1.94. The molecule has 0 heterocycles. The largest absolute Gasteiger partial charge is 0.0651 e. The lowest BCUT2D eigenvalue weighted by Gasteiger charge is -1.98. The smallest absolute Gasteiger partial charge is 0.0249 e. The molecule has 36 heavy (non-hydrogen) atoms. The van der Waals surface area contributed by atoms with Gasteiger partial charge in [0, 0.05) is 22.3 Å². The molecule has 0 N–H and O–H groups in total. The van der Waals surface area contributed by atoms with Crippen LogP contribution in [-0.4, -0.2) is 0 Å². The molecule has 0 fully saturated rings. The van der Waals surface area contributed by atoms with Gasteiger partial charge in [-0.15, -0.1) is 0 Å². The number of aryl methyl sites for hydroxylation is 2. The van der Waals surface area contributed by atoms with Gasteiger partial charge in [-0.2, -0.15) is 0 Å². The normalized spacial score (nSPS) is 10.4. The van der Waals surface area contributed by atoms with Crippen LogP contribution in [0.25, 0.3) is 12.2 Å². The highest BCUT2D eigenvalue weighted by atomic mass is 14.0. The molecule has 0 unspecified atom stereocenters. The highest BCUT2D eigenvalue weighted by Crippen LogP contribution is 2.12. The lowest BCUT2D eigenvalue weighted by Crippen LogP contribution is -1.83. The first-order valence-electron chi connectivity index (χ1n) is 12.8. The van der Waals surface area contributed by atoms with Crippen molar-refractivity contribution < 1.29 is 0 Å². The van der Waals surface area contributed by atoms with Gasteiger partial charge < -0.3 is 0 Å². The summed E-state index contributed by atoms with van der Waals surface area (Å²) in [6, 6.07) is 33.9. The fourth-order valence-corrected chi connectivity index (χ4v) is 3.92. The van der Waals surface area contributed by atoms with Crippen molar-refractivity contribution >= 4 is 12.2 Å². The quantitative estimate of drug-likeness (QED) is 0.198. The fourth-order valence-electron chi connectivity index (χ4n) is 3.92. The molecule has 4 aromatic rings. The molecule has 0 aliphatic carbocycles. The first-order chi connectivity index (χ1) is 17.7. The minimum absolute atomic E-state index is 1.02. The first kappa shape index (κ1) is 24.9. The maximum absolute atomic E-state index is 3.26. The van der Waals surface area contributed by atoms with E-state index in [1.807, 2.05) is 0 Å². The van der Waals surface area contributed by atoms with Gasteiger partial charge in [-0.1, -0.05) is 111 Å². The number of hydrogen-bond donors (Lipinski definition) is 0. The summed E-state index contributed by atoms with van der Waals surface area (Å²) in [6.07, 6.45) is 8.83. The Labute approximate surface area is 216 Å². The minimum atomic E-state index is 1.02. The second-order valence-electron chi connectivity index (χ2n) is 8.97. The van der Waals surface area contributed by atoms with Gasteiger partial charge in [-0.05, 0) is 83.6 Å². The summed E-state index contributed by atoms with van der Waals surface area (Å²) in [5.74, 6) is 13.1. The molecule has 0 radical (unpaired) electrons. The summed E-state index contributed by atoms with van der Waals surface area (Å²) < 4.78 is 0. The summed E-state index contributed by atoms with van der Waals surface area (Å²) in [5, 5.41) is 0. The zero-order valence-corrected chi connectivity index (χ0v) is 21.2. The zero-order chi connectivity index (χ0) is 25.0. The fraction of sp³-hybridized carbons (Fsp3) is 0.167. The molecule has 0 aliphatic rings. The molecule has 0 atom stereocenters. The van der Waals surface area contributed by atoms with Crippen LogP contribution in [0, 0.1) is 23.7 Å². The lowest BCUT2D eigenvalue weighted by molar-refractivity contribution is 0.922. The Morgan fingerprint density at radius 1 is 0.417 bits per heavy atom. The second-order valence-corrected chi connectivity index (χ2v) is 8.97. The Morgan fingerprint density at radius 3 is 0.972 bits per heavy atom. The Bertz CT molecular complexity index is 1280. The van der Waals surface area contributed by atoms with Crippen LogP contribution in [0.2, 0.25) is 0 Å². The molecule has 0 saturated heterocycles. The highest BCUT2D eigenvalue weighted by molar-refractivity contribution is 5.70. The average molecular weight is 465 g/mol. The van der Waals surface area contributed by atoms with Crippen LogP contribution < -0.4 is 0 Å². The van der Waals surface area contributed by atoms with Crippen LogP contribution in [0.3, 0.4) is 0 Å². The van der Waals surface area contributed by atoms with E-state index in [0.717, 1.165) is 46.2 Å². The zero-order valence-electron chi connectivity index (χ0n) is 21.2. The Balaban J connectivity index is 1.33. The third-order valence-electron chi connectivity index (χ3n) is 5.98. The van der Waals surface area contributed by atoms with E-state index in [-0.39, 0.29) is 0 Å². The van der Waals surface area contributed by atoms with E-state index in [2.05, 4.69) is 147 Å². The molecular weight excluding hydrogens is 432 g/mol. The predicted molar refractivity (Wildman–Crippen MR) is 155 cm³/mol. The summed E-state index contributed by atoms with van der Waals surface area (Å²) in [4.78, 5) is 0. The minimum Gasteiger partial charge on any atom is -0.0651 e.